The van der Waals surface area contributed by atoms with Crippen molar-refractivity contribution in [3.05, 3.63) is 29.8 Å². The van der Waals surface area contributed by atoms with E-state index >= 15 is 0 Å². The molecule has 1 atom stereocenters. The van der Waals surface area contributed by atoms with Gasteiger partial charge < -0.3 is 5.32 Å². The molecule has 0 spiro atoms. The first-order chi connectivity index (χ1) is 10.2. The normalized spacial score (nSPS) is 13.4. The van der Waals surface area contributed by atoms with Crippen molar-refractivity contribution in [1.29, 1.82) is 0 Å². The molecular weight excluding hydrogens is 300 g/mol. The van der Waals surface area contributed by atoms with Gasteiger partial charge in [0.25, 0.3) is 0 Å². The number of nitrogens with one attached hydrogen (secondary N) is 1. The SMILES string of the molecule is CCN(CC)S(=O)(=O)c1ccc(C(C)NC(=O)C(C)C)cc1. The number of nitrogens with zero attached hydrogens (tertiary/aromatic N) is 1. The van der Waals surface area contributed by atoms with Crippen LogP contribution in [0.2, 0.25) is 0 Å². The molecule has 6 heteroatoms. The summed E-state index contributed by atoms with van der Waals surface area (Å²) in [5.74, 6) is -0.0999. The lowest BCUT2D eigenvalue weighted by Crippen LogP contribution is -2.31. The summed E-state index contributed by atoms with van der Waals surface area (Å²) in [5, 5.41) is 2.90. The molecule has 5 nitrogen and oxygen atoms in total. The predicted molar refractivity (Wildman–Crippen MR) is 87.9 cm³/mol. The Morgan fingerprint density at radius 1 is 1.09 bits per heavy atom. The van der Waals surface area contributed by atoms with Crippen LogP contribution < -0.4 is 5.32 Å². The second kappa shape index (κ2) is 7.74. The zero-order chi connectivity index (χ0) is 16.9. The highest BCUT2D eigenvalue weighted by atomic mass is 32.2. The van der Waals surface area contributed by atoms with Crippen LogP contribution in [-0.4, -0.2) is 31.7 Å². The first-order valence-electron chi connectivity index (χ1n) is 7.64. The molecule has 1 rings (SSSR count). The third kappa shape index (κ3) is 4.30. The van der Waals surface area contributed by atoms with E-state index < -0.39 is 10.0 Å². The predicted octanol–water partition coefficient (Wildman–Crippen LogP) is 2.55. The third-order valence-electron chi connectivity index (χ3n) is 3.61. The van der Waals surface area contributed by atoms with Crippen molar-refractivity contribution in [3.8, 4) is 0 Å². The molecule has 0 aliphatic heterocycles. The molecule has 0 aromatic heterocycles. The Bertz CT molecular complexity index is 590. The fourth-order valence-electron chi connectivity index (χ4n) is 2.10. The van der Waals surface area contributed by atoms with Gasteiger partial charge in [0.05, 0.1) is 10.9 Å². The third-order valence-corrected chi connectivity index (χ3v) is 5.67. The molecule has 0 bridgehead atoms. The molecular formula is C16H26N2O3S. The molecule has 0 aliphatic rings. The highest BCUT2D eigenvalue weighted by molar-refractivity contribution is 7.89. The van der Waals surface area contributed by atoms with Crippen LogP contribution in [0.3, 0.4) is 0 Å². The molecule has 1 aromatic carbocycles. The highest BCUT2D eigenvalue weighted by Gasteiger charge is 2.21. The smallest absolute Gasteiger partial charge is 0.243 e. The summed E-state index contributed by atoms with van der Waals surface area (Å²) in [4.78, 5) is 12.0. The van der Waals surface area contributed by atoms with E-state index in [0.717, 1.165) is 5.56 Å². The number of rotatable bonds is 7. The maximum atomic E-state index is 12.4. The molecule has 22 heavy (non-hydrogen) atoms. The topological polar surface area (TPSA) is 66.5 Å². The minimum atomic E-state index is -3.43. The number of amides is 1. The highest BCUT2D eigenvalue weighted by Crippen LogP contribution is 2.19. The summed E-state index contributed by atoms with van der Waals surface area (Å²) in [7, 11) is -3.43. The Hall–Kier alpha value is -1.40. The van der Waals surface area contributed by atoms with Gasteiger partial charge in [-0.1, -0.05) is 39.8 Å². The molecule has 1 unspecified atom stereocenters. The molecule has 0 saturated carbocycles. The van der Waals surface area contributed by atoms with E-state index in [1.807, 2.05) is 34.6 Å². The van der Waals surface area contributed by atoms with Crippen molar-refractivity contribution >= 4 is 15.9 Å². The minimum absolute atomic E-state index is 0.0210. The fraction of sp³-hybridized carbons (Fsp3) is 0.562. The summed E-state index contributed by atoms with van der Waals surface area (Å²) in [5.41, 5.74) is 0.882. The van der Waals surface area contributed by atoms with Gasteiger partial charge >= 0.3 is 0 Å². The first kappa shape index (κ1) is 18.6. The van der Waals surface area contributed by atoms with E-state index in [1.165, 1.54) is 4.31 Å². The Kier molecular flexibility index (Phi) is 6.56. The second-order valence-corrected chi connectivity index (χ2v) is 7.48. The summed E-state index contributed by atoms with van der Waals surface area (Å²) < 4.78 is 26.2. The Morgan fingerprint density at radius 3 is 2.00 bits per heavy atom. The molecule has 1 aromatic rings. The number of benzene rings is 1. The average molecular weight is 326 g/mol. The van der Waals surface area contributed by atoms with Crippen molar-refractivity contribution in [2.45, 2.75) is 45.6 Å². The molecule has 1 amide bonds. The largest absolute Gasteiger partial charge is 0.349 e. The van der Waals surface area contributed by atoms with Crippen LogP contribution in [0.1, 0.15) is 46.2 Å². The lowest BCUT2D eigenvalue weighted by molar-refractivity contribution is -0.124. The average Bonchev–Trinajstić information content (AvgIpc) is 2.48. The van der Waals surface area contributed by atoms with Gasteiger partial charge in [0.1, 0.15) is 0 Å². The van der Waals surface area contributed by atoms with Crippen LogP contribution in [0.5, 0.6) is 0 Å². The van der Waals surface area contributed by atoms with Crippen LogP contribution in [0.4, 0.5) is 0 Å². The lowest BCUT2D eigenvalue weighted by Gasteiger charge is -2.19. The lowest BCUT2D eigenvalue weighted by atomic mass is 10.1. The number of sulfonamides is 1. The zero-order valence-electron chi connectivity index (χ0n) is 14.0. The first-order valence-corrected chi connectivity index (χ1v) is 9.08. The summed E-state index contributed by atoms with van der Waals surface area (Å²) in [6.07, 6.45) is 0. The number of hydrogen-bond acceptors (Lipinski definition) is 3. The van der Waals surface area contributed by atoms with Gasteiger partial charge in [-0.3, -0.25) is 4.79 Å². The van der Waals surface area contributed by atoms with Crippen LogP contribution in [0.15, 0.2) is 29.2 Å². The molecule has 0 radical (unpaired) electrons. The van der Waals surface area contributed by atoms with Crippen LogP contribution >= 0.6 is 0 Å². The molecule has 0 saturated heterocycles. The summed E-state index contributed by atoms with van der Waals surface area (Å²) >= 11 is 0. The van der Waals surface area contributed by atoms with Gasteiger partial charge in [-0.2, -0.15) is 4.31 Å². The van der Waals surface area contributed by atoms with Crippen molar-refractivity contribution in [3.63, 3.8) is 0 Å². The van der Waals surface area contributed by atoms with Gasteiger partial charge in [-0.15, -0.1) is 0 Å². The molecule has 0 heterocycles. The van der Waals surface area contributed by atoms with Gasteiger partial charge in [-0.05, 0) is 24.6 Å². The fourth-order valence-corrected chi connectivity index (χ4v) is 3.56. The molecule has 1 N–H and O–H groups in total. The van der Waals surface area contributed by atoms with E-state index in [1.54, 1.807) is 24.3 Å². The number of carbonyl (C=O) groups excluding carboxylic acids is 1. The Balaban J connectivity index is 2.93. The van der Waals surface area contributed by atoms with Gasteiger partial charge in [0, 0.05) is 19.0 Å². The summed E-state index contributed by atoms with van der Waals surface area (Å²) in [6, 6.07) is 6.55. The molecule has 124 valence electrons. The van der Waals surface area contributed by atoms with Crippen molar-refractivity contribution in [2.24, 2.45) is 5.92 Å². The Labute approximate surface area is 133 Å². The van der Waals surface area contributed by atoms with Crippen molar-refractivity contribution < 1.29 is 13.2 Å². The number of hydrogen-bond donors (Lipinski definition) is 1. The Morgan fingerprint density at radius 2 is 1.59 bits per heavy atom. The van der Waals surface area contributed by atoms with Gasteiger partial charge in [-0.25, -0.2) is 8.42 Å². The van der Waals surface area contributed by atoms with E-state index in [0.29, 0.717) is 13.1 Å². The standard InChI is InChI=1S/C16H26N2O3S/c1-6-18(7-2)22(20,21)15-10-8-14(9-11-15)13(5)17-16(19)12(3)4/h8-13H,6-7H2,1-5H3,(H,17,19). The minimum Gasteiger partial charge on any atom is -0.349 e. The van der Waals surface area contributed by atoms with E-state index in [-0.39, 0.29) is 22.8 Å². The maximum Gasteiger partial charge on any atom is 0.243 e. The van der Waals surface area contributed by atoms with Crippen molar-refractivity contribution in [1.82, 2.24) is 9.62 Å². The maximum absolute atomic E-state index is 12.4. The second-order valence-electron chi connectivity index (χ2n) is 5.54. The number of carbonyl (C=O) groups is 1. The van der Waals surface area contributed by atoms with E-state index in [2.05, 4.69) is 5.32 Å². The van der Waals surface area contributed by atoms with E-state index in [9.17, 15) is 13.2 Å². The summed E-state index contributed by atoms with van der Waals surface area (Å²) in [6.45, 7) is 10.1. The van der Waals surface area contributed by atoms with E-state index in [4.69, 9.17) is 0 Å². The van der Waals surface area contributed by atoms with Crippen LogP contribution in [-0.2, 0) is 14.8 Å². The van der Waals surface area contributed by atoms with Gasteiger partial charge in [0.2, 0.25) is 15.9 Å². The monoisotopic (exact) mass is 326 g/mol. The van der Waals surface area contributed by atoms with Crippen LogP contribution in [0.25, 0.3) is 0 Å². The van der Waals surface area contributed by atoms with Crippen LogP contribution in [0, 0.1) is 5.92 Å². The zero-order valence-corrected chi connectivity index (χ0v) is 14.8. The molecule has 0 fully saturated rings. The quantitative estimate of drug-likeness (QED) is 0.837. The molecule has 0 aliphatic carbocycles. The van der Waals surface area contributed by atoms with Crippen molar-refractivity contribution in [2.75, 3.05) is 13.1 Å². The van der Waals surface area contributed by atoms with Gasteiger partial charge in [0.15, 0.2) is 0 Å².